The van der Waals surface area contributed by atoms with Crippen molar-refractivity contribution in [1.29, 1.82) is 0 Å². The van der Waals surface area contributed by atoms with E-state index in [1.807, 2.05) is 36.4 Å². The molecule has 0 amide bonds. The number of hydrogen-bond donors (Lipinski definition) is 0. The molecule has 134 valence electrons. The van der Waals surface area contributed by atoms with Gasteiger partial charge >= 0.3 is 0 Å². The van der Waals surface area contributed by atoms with Crippen LogP contribution in [0.25, 0.3) is 0 Å². The summed E-state index contributed by atoms with van der Waals surface area (Å²) in [5.74, 6) is 0.690. The number of methoxy groups -OCH3 is 1. The van der Waals surface area contributed by atoms with E-state index in [1.165, 1.54) is 4.31 Å². The summed E-state index contributed by atoms with van der Waals surface area (Å²) in [6, 6.07) is 23.1. The highest BCUT2D eigenvalue weighted by atomic mass is 79.9. The van der Waals surface area contributed by atoms with Crippen LogP contribution < -0.4 is 9.04 Å². The molecule has 0 aliphatic rings. The first-order chi connectivity index (χ1) is 12.5. The van der Waals surface area contributed by atoms with Crippen molar-refractivity contribution in [2.75, 3.05) is 11.4 Å². The summed E-state index contributed by atoms with van der Waals surface area (Å²) >= 11 is 3.39. The van der Waals surface area contributed by atoms with E-state index in [9.17, 15) is 8.42 Å². The van der Waals surface area contributed by atoms with Gasteiger partial charge in [-0.15, -0.1) is 0 Å². The van der Waals surface area contributed by atoms with Gasteiger partial charge in [0.05, 0.1) is 24.2 Å². The second kappa shape index (κ2) is 7.93. The highest BCUT2D eigenvalue weighted by Gasteiger charge is 2.25. The molecule has 26 heavy (non-hydrogen) atoms. The second-order valence-electron chi connectivity index (χ2n) is 5.65. The fourth-order valence-corrected chi connectivity index (χ4v) is 4.32. The highest BCUT2D eigenvalue weighted by molar-refractivity contribution is 9.10. The summed E-state index contributed by atoms with van der Waals surface area (Å²) in [5, 5.41) is 0. The maximum Gasteiger partial charge on any atom is 0.264 e. The van der Waals surface area contributed by atoms with E-state index < -0.39 is 10.0 Å². The number of halogens is 1. The molecule has 4 nitrogen and oxygen atoms in total. The number of anilines is 1. The third kappa shape index (κ3) is 4.08. The van der Waals surface area contributed by atoms with Crippen LogP contribution in [-0.4, -0.2) is 15.5 Å². The molecule has 0 unspecified atom stereocenters. The van der Waals surface area contributed by atoms with Gasteiger partial charge in [0.15, 0.2) is 0 Å². The summed E-state index contributed by atoms with van der Waals surface area (Å²) in [5.41, 5.74) is 1.44. The van der Waals surface area contributed by atoms with Crippen LogP contribution in [0.3, 0.4) is 0 Å². The molecule has 0 N–H and O–H groups in total. The van der Waals surface area contributed by atoms with Crippen LogP contribution in [-0.2, 0) is 16.6 Å². The first-order valence-corrected chi connectivity index (χ1v) is 10.2. The Kier molecular flexibility index (Phi) is 5.64. The number of sulfonamides is 1. The van der Waals surface area contributed by atoms with Crippen molar-refractivity contribution in [2.24, 2.45) is 0 Å². The standard InChI is InChI=1S/C20H18BrNO3S/c1-25-19-7-5-6-16(14-19)15-22(18-12-10-17(21)11-13-18)26(23,24)20-8-3-2-4-9-20/h2-14H,15H2,1H3. The zero-order valence-electron chi connectivity index (χ0n) is 14.2. The molecule has 0 saturated carbocycles. The Bertz CT molecular complexity index is 973. The number of ether oxygens (including phenoxy) is 1. The third-order valence-electron chi connectivity index (χ3n) is 3.91. The Balaban J connectivity index is 2.06. The first kappa shape index (κ1) is 18.5. The molecule has 0 bridgehead atoms. The zero-order chi connectivity index (χ0) is 18.6. The number of nitrogens with zero attached hydrogens (tertiary/aromatic N) is 1. The lowest BCUT2D eigenvalue weighted by atomic mass is 10.2. The lowest BCUT2D eigenvalue weighted by molar-refractivity contribution is 0.414. The highest BCUT2D eigenvalue weighted by Crippen LogP contribution is 2.28. The molecule has 3 aromatic carbocycles. The van der Waals surface area contributed by atoms with Crippen molar-refractivity contribution in [3.63, 3.8) is 0 Å². The smallest absolute Gasteiger partial charge is 0.264 e. The van der Waals surface area contributed by atoms with E-state index in [1.54, 1.807) is 49.6 Å². The summed E-state index contributed by atoms with van der Waals surface area (Å²) in [4.78, 5) is 0.255. The molecule has 0 saturated heterocycles. The minimum Gasteiger partial charge on any atom is -0.497 e. The van der Waals surface area contributed by atoms with Gasteiger partial charge in [-0.25, -0.2) is 8.42 Å². The van der Waals surface area contributed by atoms with Gasteiger partial charge in [0.25, 0.3) is 10.0 Å². The van der Waals surface area contributed by atoms with Crippen LogP contribution in [0.5, 0.6) is 5.75 Å². The quantitative estimate of drug-likeness (QED) is 0.559. The van der Waals surface area contributed by atoms with Crippen LogP contribution in [0.1, 0.15) is 5.56 Å². The molecular formula is C20H18BrNO3S. The third-order valence-corrected chi connectivity index (χ3v) is 6.22. The van der Waals surface area contributed by atoms with Gasteiger partial charge in [0.2, 0.25) is 0 Å². The average molecular weight is 432 g/mol. The summed E-state index contributed by atoms with van der Waals surface area (Å²) in [7, 11) is -2.12. The molecule has 0 spiro atoms. The topological polar surface area (TPSA) is 46.6 Å². The molecule has 0 heterocycles. The van der Waals surface area contributed by atoms with E-state index in [-0.39, 0.29) is 11.4 Å². The molecule has 0 radical (unpaired) electrons. The predicted octanol–water partition coefficient (Wildman–Crippen LogP) is 4.85. The summed E-state index contributed by atoms with van der Waals surface area (Å²) in [6.07, 6.45) is 0. The Morgan fingerprint density at radius 2 is 1.62 bits per heavy atom. The van der Waals surface area contributed by atoms with Gasteiger partial charge in [0.1, 0.15) is 5.75 Å². The Morgan fingerprint density at radius 1 is 0.923 bits per heavy atom. The Labute approximate surface area is 162 Å². The second-order valence-corrected chi connectivity index (χ2v) is 8.43. The molecule has 0 aromatic heterocycles. The first-order valence-electron chi connectivity index (χ1n) is 7.97. The van der Waals surface area contributed by atoms with E-state index in [4.69, 9.17) is 4.74 Å². The lowest BCUT2D eigenvalue weighted by Gasteiger charge is -2.25. The van der Waals surface area contributed by atoms with Crippen LogP contribution in [0, 0.1) is 0 Å². The molecule has 0 fully saturated rings. The van der Waals surface area contributed by atoms with Crippen molar-refractivity contribution < 1.29 is 13.2 Å². The van der Waals surface area contributed by atoms with Gasteiger partial charge in [-0.1, -0.05) is 46.3 Å². The van der Waals surface area contributed by atoms with Gasteiger partial charge in [0, 0.05) is 4.47 Å². The normalized spacial score (nSPS) is 11.2. The van der Waals surface area contributed by atoms with E-state index >= 15 is 0 Å². The largest absolute Gasteiger partial charge is 0.497 e. The molecule has 3 rings (SSSR count). The molecule has 0 aliphatic carbocycles. The van der Waals surface area contributed by atoms with Crippen molar-refractivity contribution in [3.8, 4) is 5.75 Å². The fourth-order valence-electron chi connectivity index (χ4n) is 2.58. The van der Waals surface area contributed by atoms with E-state index in [2.05, 4.69) is 15.9 Å². The minimum atomic E-state index is -3.71. The van der Waals surface area contributed by atoms with Gasteiger partial charge < -0.3 is 4.74 Å². The minimum absolute atomic E-state index is 0.204. The number of rotatable bonds is 6. The van der Waals surface area contributed by atoms with Gasteiger partial charge in [-0.2, -0.15) is 0 Å². The fraction of sp³-hybridized carbons (Fsp3) is 0.100. The molecule has 3 aromatic rings. The van der Waals surface area contributed by atoms with Gasteiger partial charge in [-0.05, 0) is 54.1 Å². The summed E-state index contributed by atoms with van der Waals surface area (Å²) < 4.78 is 34.1. The van der Waals surface area contributed by atoms with Crippen LogP contribution in [0.15, 0.2) is 88.2 Å². The summed E-state index contributed by atoms with van der Waals surface area (Å²) in [6.45, 7) is 0.204. The van der Waals surface area contributed by atoms with E-state index in [0.717, 1.165) is 10.0 Å². The molecular weight excluding hydrogens is 414 g/mol. The maximum absolute atomic E-state index is 13.3. The molecule has 6 heteroatoms. The van der Waals surface area contributed by atoms with Crippen LogP contribution in [0.4, 0.5) is 5.69 Å². The van der Waals surface area contributed by atoms with Crippen molar-refractivity contribution >= 4 is 31.6 Å². The van der Waals surface area contributed by atoms with Gasteiger partial charge in [-0.3, -0.25) is 4.31 Å². The maximum atomic E-state index is 13.3. The Hall–Kier alpha value is -2.31. The van der Waals surface area contributed by atoms with Crippen molar-refractivity contribution in [1.82, 2.24) is 0 Å². The monoisotopic (exact) mass is 431 g/mol. The average Bonchev–Trinajstić information content (AvgIpc) is 2.68. The van der Waals surface area contributed by atoms with E-state index in [0.29, 0.717) is 11.4 Å². The zero-order valence-corrected chi connectivity index (χ0v) is 16.6. The molecule has 0 atom stereocenters. The predicted molar refractivity (Wildman–Crippen MR) is 107 cm³/mol. The lowest BCUT2D eigenvalue weighted by Crippen LogP contribution is -2.30. The SMILES string of the molecule is COc1cccc(CN(c2ccc(Br)cc2)S(=O)(=O)c2ccccc2)c1. The van der Waals surface area contributed by atoms with Crippen LogP contribution >= 0.6 is 15.9 Å². The van der Waals surface area contributed by atoms with Crippen molar-refractivity contribution in [3.05, 3.63) is 88.9 Å². The number of hydrogen-bond acceptors (Lipinski definition) is 3. The van der Waals surface area contributed by atoms with Crippen LogP contribution in [0.2, 0.25) is 0 Å². The molecule has 0 aliphatic heterocycles. The Morgan fingerprint density at radius 3 is 2.27 bits per heavy atom. The number of benzene rings is 3. The van der Waals surface area contributed by atoms with Crippen molar-refractivity contribution in [2.45, 2.75) is 11.4 Å².